The highest BCUT2D eigenvalue weighted by atomic mass is 32.1. The molecule has 4 heterocycles. The van der Waals surface area contributed by atoms with Gasteiger partial charge in [0.25, 0.3) is 0 Å². The van der Waals surface area contributed by atoms with E-state index in [0.29, 0.717) is 30.0 Å². The molecule has 1 aromatic rings. The second-order valence-corrected chi connectivity index (χ2v) is 7.45. The third-order valence-electron chi connectivity index (χ3n) is 4.67. The topological polar surface area (TPSA) is 55.8 Å². The van der Waals surface area contributed by atoms with Gasteiger partial charge in [0.2, 0.25) is 0 Å². The maximum absolute atomic E-state index is 12.6. The van der Waals surface area contributed by atoms with Gasteiger partial charge in [0.1, 0.15) is 0 Å². The summed E-state index contributed by atoms with van der Waals surface area (Å²) in [6.07, 6.45) is -3.93. The second-order valence-electron chi connectivity index (χ2n) is 6.51. The van der Waals surface area contributed by atoms with Crippen LogP contribution in [0, 0.1) is 0 Å². The molecular weight excluding hydrogens is 365 g/mol. The quantitative estimate of drug-likeness (QED) is 0.566. The van der Waals surface area contributed by atoms with Gasteiger partial charge in [-0.2, -0.15) is 13.2 Å². The monoisotopic (exact) mass is 390 g/mol. The first-order chi connectivity index (χ1) is 12.5. The van der Waals surface area contributed by atoms with E-state index in [1.807, 2.05) is 6.92 Å². The van der Waals surface area contributed by atoms with E-state index >= 15 is 0 Å². The van der Waals surface area contributed by atoms with Crippen LogP contribution in [0.25, 0.3) is 0 Å². The van der Waals surface area contributed by atoms with Gasteiger partial charge in [-0.25, -0.2) is 4.98 Å². The van der Waals surface area contributed by atoms with Crippen molar-refractivity contribution >= 4 is 17.3 Å². The van der Waals surface area contributed by atoms with Gasteiger partial charge in [0.15, 0.2) is 11.7 Å². The van der Waals surface area contributed by atoms with Crippen LogP contribution in [0.3, 0.4) is 0 Å². The van der Waals surface area contributed by atoms with Gasteiger partial charge in [0, 0.05) is 63.7 Å². The molecule has 0 saturated carbocycles. The molecule has 1 atom stereocenters. The molecule has 0 aliphatic carbocycles. The summed E-state index contributed by atoms with van der Waals surface area (Å²) in [7, 11) is 0. The summed E-state index contributed by atoms with van der Waals surface area (Å²) in [5, 5.41) is 7.93. The Morgan fingerprint density at radius 3 is 2.65 bits per heavy atom. The Labute approximate surface area is 155 Å². The van der Waals surface area contributed by atoms with Gasteiger partial charge in [-0.15, -0.1) is 11.3 Å². The van der Waals surface area contributed by atoms with E-state index in [-0.39, 0.29) is 0 Å². The molecule has 146 valence electrons. The Morgan fingerprint density at radius 1 is 1.31 bits per heavy atom. The van der Waals surface area contributed by atoms with Crippen LogP contribution >= 0.6 is 11.3 Å². The predicted molar refractivity (Wildman–Crippen MR) is 96.6 cm³/mol. The normalized spacial score (nSPS) is 26.2. The van der Waals surface area contributed by atoms with Crippen LogP contribution < -0.4 is 10.6 Å². The lowest BCUT2D eigenvalue weighted by molar-refractivity contribution is -0.140. The maximum atomic E-state index is 12.6. The number of nitrogens with zero attached hydrogens (tertiary/aromatic N) is 4. The minimum atomic E-state index is -4.37. The lowest BCUT2D eigenvalue weighted by atomic mass is 10.1. The SMILES string of the molecule is CCNC(=NCC1CN2CCN1CC2)NCCc1nc(C(F)(F)F)cs1. The molecule has 3 saturated heterocycles. The molecular formula is C16H25F3N6S. The number of nitrogens with one attached hydrogen (secondary N) is 2. The fourth-order valence-electron chi connectivity index (χ4n) is 3.28. The third kappa shape index (κ3) is 5.08. The van der Waals surface area contributed by atoms with Gasteiger partial charge in [-0.3, -0.25) is 14.8 Å². The number of thiazole rings is 1. The fourth-order valence-corrected chi connectivity index (χ4v) is 4.08. The lowest BCUT2D eigenvalue weighted by Gasteiger charge is -2.47. The van der Waals surface area contributed by atoms with Gasteiger partial charge >= 0.3 is 6.18 Å². The molecule has 26 heavy (non-hydrogen) atoms. The molecule has 3 fully saturated rings. The molecule has 2 N–H and O–H groups in total. The number of piperazine rings is 3. The van der Waals surface area contributed by atoms with Crippen molar-refractivity contribution in [2.45, 2.75) is 25.6 Å². The highest BCUT2D eigenvalue weighted by molar-refractivity contribution is 7.09. The summed E-state index contributed by atoms with van der Waals surface area (Å²) in [6, 6.07) is 0.446. The molecule has 0 spiro atoms. The van der Waals surface area contributed by atoms with E-state index in [0.717, 1.165) is 62.5 Å². The van der Waals surface area contributed by atoms with Crippen LogP contribution in [0.1, 0.15) is 17.6 Å². The molecule has 6 nitrogen and oxygen atoms in total. The van der Waals surface area contributed by atoms with Crippen LogP contribution in [-0.2, 0) is 12.6 Å². The average molecular weight is 390 g/mol. The number of hydrogen-bond donors (Lipinski definition) is 2. The van der Waals surface area contributed by atoms with Crippen LogP contribution in [0.5, 0.6) is 0 Å². The molecule has 0 amide bonds. The number of hydrogen-bond acceptors (Lipinski definition) is 5. The number of guanidine groups is 1. The molecule has 1 unspecified atom stereocenters. The number of aliphatic imine (C=N–C) groups is 1. The van der Waals surface area contributed by atoms with Crippen molar-refractivity contribution in [3.05, 3.63) is 16.1 Å². The smallest absolute Gasteiger partial charge is 0.357 e. The molecule has 4 rings (SSSR count). The highest BCUT2D eigenvalue weighted by Gasteiger charge is 2.33. The first-order valence-corrected chi connectivity index (χ1v) is 9.84. The maximum Gasteiger partial charge on any atom is 0.434 e. The van der Waals surface area contributed by atoms with Crippen molar-refractivity contribution in [2.24, 2.45) is 4.99 Å². The van der Waals surface area contributed by atoms with Crippen LogP contribution in [-0.4, -0.2) is 79.1 Å². The zero-order valence-electron chi connectivity index (χ0n) is 14.8. The first-order valence-electron chi connectivity index (χ1n) is 8.96. The Balaban J connectivity index is 1.48. The summed E-state index contributed by atoms with van der Waals surface area (Å²) in [6.45, 7) is 9.51. The summed E-state index contributed by atoms with van der Waals surface area (Å²) >= 11 is 1.04. The van der Waals surface area contributed by atoms with Gasteiger partial charge in [-0.05, 0) is 6.92 Å². The zero-order valence-corrected chi connectivity index (χ0v) is 15.7. The summed E-state index contributed by atoms with van der Waals surface area (Å²) in [5.74, 6) is 0.706. The lowest BCUT2D eigenvalue weighted by Crippen LogP contribution is -2.62. The van der Waals surface area contributed by atoms with Crippen LogP contribution in [0.15, 0.2) is 10.4 Å². The van der Waals surface area contributed by atoms with E-state index < -0.39 is 11.9 Å². The molecule has 3 aliphatic heterocycles. The Hall–Kier alpha value is -1.39. The number of halogens is 3. The number of alkyl halides is 3. The predicted octanol–water partition coefficient (Wildman–Crippen LogP) is 1.26. The van der Waals surface area contributed by atoms with Gasteiger partial charge in [-0.1, -0.05) is 0 Å². The molecule has 2 bridgehead atoms. The van der Waals surface area contributed by atoms with Gasteiger partial charge < -0.3 is 10.6 Å². The molecule has 3 aliphatic rings. The van der Waals surface area contributed by atoms with E-state index in [1.165, 1.54) is 0 Å². The van der Waals surface area contributed by atoms with Gasteiger partial charge in [0.05, 0.1) is 11.6 Å². The van der Waals surface area contributed by atoms with E-state index in [9.17, 15) is 13.2 Å². The molecule has 1 aromatic heterocycles. The van der Waals surface area contributed by atoms with Crippen molar-refractivity contribution in [1.29, 1.82) is 0 Å². The van der Waals surface area contributed by atoms with Crippen molar-refractivity contribution < 1.29 is 13.2 Å². The van der Waals surface area contributed by atoms with Crippen molar-refractivity contribution in [1.82, 2.24) is 25.4 Å². The minimum Gasteiger partial charge on any atom is -0.357 e. The molecule has 10 heteroatoms. The summed E-state index contributed by atoms with van der Waals surface area (Å²) < 4.78 is 37.8. The van der Waals surface area contributed by atoms with Crippen molar-refractivity contribution in [2.75, 3.05) is 52.4 Å². The highest BCUT2D eigenvalue weighted by Crippen LogP contribution is 2.30. The van der Waals surface area contributed by atoms with E-state index in [4.69, 9.17) is 0 Å². The summed E-state index contributed by atoms with van der Waals surface area (Å²) in [5.41, 5.74) is -0.811. The number of aromatic nitrogens is 1. The largest absolute Gasteiger partial charge is 0.434 e. The Bertz CT molecular complexity index is 609. The number of rotatable bonds is 6. The van der Waals surface area contributed by atoms with E-state index in [2.05, 4.69) is 30.4 Å². The second kappa shape index (κ2) is 8.53. The number of fused-ring (bicyclic) bond motifs is 3. The summed E-state index contributed by atoms with van der Waals surface area (Å²) in [4.78, 5) is 13.3. The van der Waals surface area contributed by atoms with Crippen molar-refractivity contribution in [3.8, 4) is 0 Å². The van der Waals surface area contributed by atoms with Crippen molar-refractivity contribution in [3.63, 3.8) is 0 Å². The van der Waals surface area contributed by atoms with Crippen LogP contribution in [0.2, 0.25) is 0 Å². The molecule has 0 radical (unpaired) electrons. The van der Waals surface area contributed by atoms with E-state index in [1.54, 1.807) is 0 Å². The Morgan fingerprint density at radius 2 is 2.08 bits per heavy atom. The average Bonchev–Trinajstić information content (AvgIpc) is 3.10. The first kappa shape index (κ1) is 19.4. The zero-order chi connectivity index (χ0) is 18.6. The molecule has 0 aromatic carbocycles. The standard InChI is InChI=1S/C16H25F3N6S/c1-2-20-15(22-9-12-10-24-5-7-25(12)8-6-24)21-4-3-14-23-13(11-26-14)16(17,18)19/h11-12H,2-10H2,1H3,(H2,20,21,22). The Kier molecular flexibility index (Phi) is 6.36. The third-order valence-corrected chi connectivity index (χ3v) is 5.58. The minimum absolute atomic E-state index is 0.439. The van der Waals surface area contributed by atoms with Crippen LogP contribution in [0.4, 0.5) is 13.2 Å². The fraction of sp³-hybridized carbons (Fsp3) is 0.750.